The minimum atomic E-state index is -0.206. The highest BCUT2D eigenvalue weighted by molar-refractivity contribution is 5.38. The Morgan fingerprint density at radius 3 is 2.71 bits per heavy atom. The Morgan fingerprint density at radius 1 is 1.38 bits per heavy atom. The lowest BCUT2D eigenvalue weighted by Gasteiger charge is -2.21. The maximum Gasteiger partial charge on any atom is 0.161 e. The smallest absolute Gasteiger partial charge is 0.161 e. The first-order valence-corrected chi connectivity index (χ1v) is 7.12. The van der Waals surface area contributed by atoms with Crippen molar-refractivity contribution in [1.29, 1.82) is 0 Å². The molecule has 6 heteroatoms. The predicted molar refractivity (Wildman–Crippen MR) is 81.9 cm³/mol. The van der Waals surface area contributed by atoms with Crippen molar-refractivity contribution in [1.82, 2.24) is 20.2 Å². The summed E-state index contributed by atoms with van der Waals surface area (Å²) in [5, 5.41) is 4.39. The number of methoxy groups -OCH3 is 1. The third kappa shape index (κ3) is 3.06. The van der Waals surface area contributed by atoms with E-state index in [4.69, 9.17) is 10.6 Å². The van der Waals surface area contributed by atoms with Gasteiger partial charge >= 0.3 is 0 Å². The molecule has 2 aromatic rings. The van der Waals surface area contributed by atoms with Crippen LogP contribution in [0.15, 0.2) is 18.3 Å². The van der Waals surface area contributed by atoms with Crippen molar-refractivity contribution >= 4 is 0 Å². The Bertz CT molecular complexity index is 608. The molecule has 0 aliphatic carbocycles. The van der Waals surface area contributed by atoms with Crippen molar-refractivity contribution in [3.63, 3.8) is 0 Å². The summed E-state index contributed by atoms with van der Waals surface area (Å²) in [6.45, 7) is 6.89. The molecule has 0 fully saturated rings. The van der Waals surface area contributed by atoms with Gasteiger partial charge in [0.05, 0.1) is 19.3 Å². The fourth-order valence-corrected chi connectivity index (χ4v) is 2.53. The van der Waals surface area contributed by atoms with E-state index in [0.717, 1.165) is 41.4 Å². The molecule has 0 radical (unpaired) electrons. The molecule has 21 heavy (non-hydrogen) atoms. The van der Waals surface area contributed by atoms with Crippen LogP contribution in [0, 0.1) is 13.8 Å². The Kier molecular flexibility index (Phi) is 4.93. The zero-order valence-corrected chi connectivity index (χ0v) is 13.1. The quantitative estimate of drug-likeness (QED) is 0.627. The van der Waals surface area contributed by atoms with Gasteiger partial charge in [0.1, 0.15) is 5.69 Å². The van der Waals surface area contributed by atoms with Crippen LogP contribution in [-0.4, -0.2) is 21.9 Å². The van der Waals surface area contributed by atoms with Crippen molar-refractivity contribution in [2.45, 2.75) is 39.8 Å². The normalized spacial score (nSPS) is 12.4. The van der Waals surface area contributed by atoms with Crippen LogP contribution in [0.1, 0.15) is 42.0 Å². The summed E-state index contributed by atoms with van der Waals surface area (Å²) in [6.07, 6.45) is 2.71. The summed E-state index contributed by atoms with van der Waals surface area (Å²) < 4.78 is 7.37. The number of aryl methyl sites for hydroxylation is 3. The number of aromatic nitrogens is 3. The van der Waals surface area contributed by atoms with Crippen LogP contribution in [0.25, 0.3) is 0 Å². The molecular weight excluding hydrogens is 266 g/mol. The second-order valence-electron chi connectivity index (χ2n) is 5.05. The summed E-state index contributed by atoms with van der Waals surface area (Å²) >= 11 is 0. The van der Waals surface area contributed by atoms with Gasteiger partial charge in [-0.3, -0.25) is 15.5 Å². The van der Waals surface area contributed by atoms with Gasteiger partial charge in [-0.25, -0.2) is 5.43 Å². The number of nitrogens with two attached hydrogens (primary N) is 1. The molecule has 6 nitrogen and oxygen atoms in total. The van der Waals surface area contributed by atoms with E-state index in [1.54, 1.807) is 13.3 Å². The SMILES string of the molecule is CCCn1ncc(OC)c1C(NN)c1ccc(C)nc1C. The molecule has 0 aromatic carbocycles. The highest BCUT2D eigenvalue weighted by Crippen LogP contribution is 2.30. The van der Waals surface area contributed by atoms with E-state index in [1.807, 2.05) is 30.7 Å². The molecule has 0 aliphatic heterocycles. The third-order valence-corrected chi connectivity index (χ3v) is 3.52. The van der Waals surface area contributed by atoms with E-state index in [2.05, 4.69) is 22.4 Å². The van der Waals surface area contributed by atoms with Crippen LogP contribution in [-0.2, 0) is 6.54 Å². The van der Waals surface area contributed by atoms with Gasteiger partial charge in [0, 0.05) is 17.9 Å². The molecular formula is C15H23N5O. The van der Waals surface area contributed by atoms with Gasteiger partial charge in [-0.05, 0) is 31.9 Å². The molecule has 0 saturated carbocycles. The van der Waals surface area contributed by atoms with Gasteiger partial charge < -0.3 is 4.74 Å². The van der Waals surface area contributed by atoms with Gasteiger partial charge in [0.15, 0.2) is 5.75 Å². The van der Waals surface area contributed by atoms with Crippen molar-refractivity contribution in [3.8, 4) is 5.75 Å². The highest BCUT2D eigenvalue weighted by Gasteiger charge is 2.24. The lowest BCUT2D eigenvalue weighted by atomic mass is 10.0. The molecule has 2 heterocycles. The maximum atomic E-state index is 5.82. The number of ether oxygens (including phenoxy) is 1. The second-order valence-corrected chi connectivity index (χ2v) is 5.05. The molecule has 0 bridgehead atoms. The van der Waals surface area contributed by atoms with Crippen LogP contribution in [0.3, 0.4) is 0 Å². The summed E-state index contributed by atoms with van der Waals surface area (Å²) in [5.41, 5.74) is 6.76. The molecule has 1 atom stereocenters. The number of pyridine rings is 1. The van der Waals surface area contributed by atoms with Crippen LogP contribution < -0.4 is 16.0 Å². The number of hydrogen-bond acceptors (Lipinski definition) is 5. The minimum Gasteiger partial charge on any atom is -0.493 e. The summed E-state index contributed by atoms with van der Waals surface area (Å²) in [4.78, 5) is 4.52. The van der Waals surface area contributed by atoms with E-state index >= 15 is 0 Å². The number of rotatable bonds is 6. The molecule has 114 valence electrons. The van der Waals surface area contributed by atoms with Crippen LogP contribution in [0.4, 0.5) is 0 Å². The van der Waals surface area contributed by atoms with E-state index < -0.39 is 0 Å². The van der Waals surface area contributed by atoms with Gasteiger partial charge in [-0.1, -0.05) is 13.0 Å². The second kappa shape index (κ2) is 6.69. The number of hydrogen-bond donors (Lipinski definition) is 2. The molecule has 0 amide bonds. The first-order chi connectivity index (χ1) is 10.1. The van der Waals surface area contributed by atoms with Gasteiger partial charge in [-0.15, -0.1) is 0 Å². The van der Waals surface area contributed by atoms with E-state index in [0.29, 0.717) is 0 Å². The maximum absolute atomic E-state index is 5.82. The Morgan fingerprint density at radius 2 is 2.14 bits per heavy atom. The fourth-order valence-electron chi connectivity index (χ4n) is 2.53. The van der Waals surface area contributed by atoms with Gasteiger partial charge in [-0.2, -0.15) is 5.10 Å². The minimum absolute atomic E-state index is 0.206. The topological polar surface area (TPSA) is 78.0 Å². The predicted octanol–water partition coefficient (Wildman–Crippen LogP) is 1.87. The zero-order valence-electron chi connectivity index (χ0n) is 13.1. The van der Waals surface area contributed by atoms with Gasteiger partial charge in [0.25, 0.3) is 0 Å². The first kappa shape index (κ1) is 15.5. The first-order valence-electron chi connectivity index (χ1n) is 7.12. The van der Waals surface area contributed by atoms with Crippen LogP contribution in [0.2, 0.25) is 0 Å². The molecule has 2 aromatic heterocycles. The molecule has 1 unspecified atom stereocenters. The molecule has 2 rings (SSSR count). The fraction of sp³-hybridized carbons (Fsp3) is 0.467. The van der Waals surface area contributed by atoms with Crippen molar-refractivity contribution in [3.05, 3.63) is 41.0 Å². The summed E-state index contributed by atoms with van der Waals surface area (Å²) in [6, 6.07) is 3.83. The van der Waals surface area contributed by atoms with Crippen molar-refractivity contribution in [2.24, 2.45) is 5.84 Å². The molecule has 0 spiro atoms. The highest BCUT2D eigenvalue weighted by atomic mass is 16.5. The number of nitrogens with one attached hydrogen (secondary N) is 1. The van der Waals surface area contributed by atoms with Crippen LogP contribution in [0.5, 0.6) is 5.75 Å². The molecule has 0 aliphatic rings. The standard InChI is InChI=1S/C15H23N5O/c1-5-8-20-15(13(21-4)9-17-20)14(19-16)12-7-6-10(2)18-11(12)3/h6-7,9,14,19H,5,8,16H2,1-4H3. The third-order valence-electron chi connectivity index (χ3n) is 3.52. The summed E-state index contributed by atoms with van der Waals surface area (Å²) in [5.74, 6) is 6.55. The zero-order chi connectivity index (χ0) is 15.4. The lowest BCUT2D eigenvalue weighted by molar-refractivity contribution is 0.398. The lowest BCUT2D eigenvalue weighted by Crippen LogP contribution is -2.32. The van der Waals surface area contributed by atoms with Crippen molar-refractivity contribution < 1.29 is 4.74 Å². The average Bonchev–Trinajstić information content (AvgIpc) is 2.85. The monoisotopic (exact) mass is 289 g/mol. The van der Waals surface area contributed by atoms with E-state index in [-0.39, 0.29) is 6.04 Å². The molecule has 3 N–H and O–H groups in total. The molecule has 0 saturated heterocycles. The average molecular weight is 289 g/mol. The Hall–Kier alpha value is -1.92. The Labute approximate surface area is 125 Å². The number of nitrogens with zero attached hydrogens (tertiary/aromatic N) is 3. The van der Waals surface area contributed by atoms with Gasteiger partial charge in [0.2, 0.25) is 0 Å². The summed E-state index contributed by atoms with van der Waals surface area (Å²) in [7, 11) is 1.64. The largest absolute Gasteiger partial charge is 0.493 e. The Balaban J connectivity index is 2.52. The van der Waals surface area contributed by atoms with E-state index in [9.17, 15) is 0 Å². The van der Waals surface area contributed by atoms with E-state index in [1.165, 1.54) is 0 Å². The number of hydrazine groups is 1. The van der Waals surface area contributed by atoms with Crippen molar-refractivity contribution in [2.75, 3.05) is 7.11 Å². The van der Waals surface area contributed by atoms with Crippen LogP contribution >= 0.6 is 0 Å².